The number of tetrazole rings is 1. The predicted molar refractivity (Wildman–Crippen MR) is 112 cm³/mol. The molecule has 0 aliphatic rings. The molecule has 2 aromatic carbocycles. The molecule has 0 amide bonds. The molecule has 7 heteroatoms. The number of aromatic nitrogens is 7. The summed E-state index contributed by atoms with van der Waals surface area (Å²) < 4.78 is 2.00. The number of nitrogens with one attached hydrogen (secondary N) is 1. The molecular formula is C22H25N7. The van der Waals surface area contributed by atoms with Crippen molar-refractivity contribution in [1.82, 2.24) is 35.4 Å². The molecule has 0 saturated carbocycles. The van der Waals surface area contributed by atoms with E-state index < -0.39 is 0 Å². The van der Waals surface area contributed by atoms with Gasteiger partial charge in [-0.2, -0.15) is 10.3 Å². The van der Waals surface area contributed by atoms with Crippen LogP contribution in [0.2, 0.25) is 0 Å². The van der Waals surface area contributed by atoms with E-state index in [1.807, 2.05) is 22.9 Å². The van der Waals surface area contributed by atoms with Crippen molar-refractivity contribution >= 4 is 0 Å². The van der Waals surface area contributed by atoms with E-state index in [2.05, 4.69) is 83.7 Å². The number of hydrogen-bond acceptors (Lipinski definition) is 5. The zero-order valence-electron chi connectivity index (χ0n) is 17.2. The third-order valence-electron chi connectivity index (χ3n) is 4.86. The molecule has 29 heavy (non-hydrogen) atoms. The van der Waals surface area contributed by atoms with Crippen molar-refractivity contribution in [3.05, 3.63) is 65.7 Å². The van der Waals surface area contributed by atoms with Gasteiger partial charge in [0.2, 0.25) is 5.82 Å². The van der Waals surface area contributed by atoms with Gasteiger partial charge < -0.3 is 0 Å². The van der Waals surface area contributed by atoms with Crippen molar-refractivity contribution < 1.29 is 0 Å². The zero-order valence-corrected chi connectivity index (χ0v) is 17.2. The van der Waals surface area contributed by atoms with E-state index >= 15 is 0 Å². The highest BCUT2D eigenvalue weighted by Gasteiger charge is 2.21. The molecule has 0 atom stereocenters. The topological polar surface area (TPSA) is 85.2 Å². The molecule has 4 rings (SSSR count). The molecule has 148 valence electrons. The van der Waals surface area contributed by atoms with Crippen molar-refractivity contribution in [3.63, 3.8) is 0 Å². The van der Waals surface area contributed by atoms with E-state index in [0.717, 1.165) is 41.3 Å². The lowest BCUT2D eigenvalue weighted by molar-refractivity contribution is 0.529. The Balaban J connectivity index is 1.61. The third-order valence-corrected chi connectivity index (χ3v) is 4.86. The number of hydrogen-bond donors (Lipinski definition) is 1. The zero-order chi connectivity index (χ0) is 20.4. The lowest BCUT2D eigenvalue weighted by Crippen LogP contribution is -2.14. The minimum Gasteiger partial charge on any atom is -0.250 e. The van der Waals surface area contributed by atoms with Gasteiger partial charge in [0.25, 0.3) is 0 Å². The summed E-state index contributed by atoms with van der Waals surface area (Å²) in [6.45, 7) is 9.34. The lowest BCUT2D eigenvalue weighted by Gasteiger charge is -2.12. The summed E-state index contributed by atoms with van der Waals surface area (Å²) in [5, 5.41) is 19.1. The Morgan fingerprint density at radius 3 is 2.31 bits per heavy atom. The van der Waals surface area contributed by atoms with E-state index in [9.17, 15) is 0 Å². The fourth-order valence-electron chi connectivity index (χ4n) is 3.27. The molecule has 7 nitrogen and oxygen atoms in total. The van der Waals surface area contributed by atoms with Crippen molar-refractivity contribution in [1.29, 1.82) is 0 Å². The Morgan fingerprint density at radius 2 is 1.69 bits per heavy atom. The maximum atomic E-state index is 4.80. The Labute approximate surface area is 170 Å². The maximum Gasteiger partial charge on any atom is 0.205 e. The largest absolute Gasteiger partial charge is 0.250 e. The van der Waals surface area contributed by atoms with E-state index in [-0.39, 0.29) is 5.41 Å². The smallest absolute Gasteiger partial charge is 0.205 e. The molecule has 0 aliphatic heterocycles. The third kappa shape index (κ3) is 3.94. The SMILES string of the molecule is CCn1nc(C(C)(C)C)nc1Cc1ccc(-c2ccccc2-c2nn[nH]n2)cc1. The number of rotatable bonds is 5. The van der Waals surface area contributed by atoms with E-state index in [0.29, 0.717) is 5.82 Å². The molecular weight excluding hydrogens is 362 g/mol. The van der Waals surface area contributed by atoms with Gasteiger partial charge in [-0.3, -0.25) is 0 Å². The first-order chi connectivity index (χ1) is 14.0. The van der Waals surface area contributed by atoms with Crippen LogP contribution in [0, 0.1) is 0 Å². The fourth-order valence-corrected chi connectivity index (χ4v) is 3.27. The standard InChI is InChI=1S/C22H25N7/c1-5-29-19(23-21(26-29)22(2,3)4)14-15-10-12-16(13-11-15)17-8-6-7-9-18(17)20-24-27-28-25-20/h6-13H,5,14H2,1-4H3,(H,24,25,27,28). The highest BCUT2D eigenvalue weighted by molar-refractivity contribution is 5.80. The second-order valence-electron chi connectivity index (χ2n) is 8.07. The van der Waals surface area contributed by atoms with Crippen LogP contribution in [0.5, 0.6) is 0 Å². The van der Waals surface area contributed by atoms with Gasteiger partial charge in [0.05, 0.1) is 0 Å². The highest BCUT2D eigenvalue weighted by atomic mass is 15.5. The molecule has 0 radical (unpaired) electrons. The summed E-state index contributed by atoms with van der Waals surface area (Å²) in [5.74, 6) is 2.48. The van der Waals surface area contributed by atoms with Gasteiger partial charge in [0.15, 0.2) is 5.82 Å². The van der Waals surface area contributed by atoms with Crippen molar-refractivity contribution in [2.45, 2.75) is 46.1 Å². The average molecular weight is 387 g/mol. The van der Waals surface area contributed by atoms with Gasteiger partial charge in [-0.25, -0.2) is 9.67 Å². The first-order valence-electron chi connectivity index (χ1n) is 9.82. The maximum absolute atomic E-state index is 4.80. The Kier molecular flexibility index (Phi) is 4.96. The summed E-state index contributed by atoms with van der Waals surface area (Å²) in [5.41, 5.74) is 4.29. The van der Waals surface area contributed by atoms with Crippen molar-refractivity contribution in [3.8, 4) is 22.5 Å². The van der Waals surface area contributed by atoms with Crippen LogP contribution in [0.4, 0.5) is 0 Å². The normalized spacial score (nSPS) is 11.7. The molecule has 0 spiro atoms. The molecule has 0 unspecified atom stereocenters. The Bertz CT molecular complexity index is 1090. The molecule has 2 aromatic heterocycles. The minimum atomic E-state index is -0.0576. The number of aryl methyl sites for hydroxylation is 1. The number of aromatic amines is 1. The fraction of sp³-hybridized carbons (Fsp3) is 0.318. The van der Waals surface area contributed by atoms with Crippen LogP contribution in [0.15, 0.2) is 48.5 Å². The highest BCUT2D eigenvalue weighted by Crippen LogP contribution is 2.30. The van der Waals surface area contributed by atoms with Crippen molar-refractivity contribution in [2.75, 3.05) is 0 Å². The molecule has 0 saturated heterocycles. The van der Waals surface area contributed by atoms with Gasteiger partial charge in [-0.05, 0) is 28.8 Å². The second-order valence-corrected chi connectivity index (χ2v) is 8.07. The Hall–Kier alpha value is -3.35. The molecule has 0 bridgehead atoms. The summed E-state index contributed by atoms with van der Waals surface area (Å²) in [6.07, 6.45) is 0.754. The quantitative estimate of drug-likeness (QED) is 0.559. The predicted octanol–water partition coefficient (Wildman–Crippen LogP) is 4.03. The minimum absolute atomic E-state index is 0.0576. The van der Waals surface area contributed by atoms with Crippen LogP contribution in [0.25, 0.3) is 22.5 Å². The first kappa shape index (κ1) is 19.0. The molecule has 4 aromatic rings. The summed E-state index contributed by atoms with van der Waals surface area (Å²) in [6, 6.07) is 16.6. The van der Waals surface area contributed by atoms with Crippen LogP contribution in [-0.2, 0) is 18.4 Å². The Morgan fingerprint density at radius 1 is 0.966 bits per heavy atom. The lowest BCUT2D eigenvalue weighted by atomic mass is 9.96. The van der Waals surface area contributed by atoms with Gasteiger partial charge in [-0.15, -0.1) is 10.2 Å². The van der Waals surface area contributed by atoms with Crippen LogP contribution >= 0.6 is 0 Å². The molecule has 1 N–H and O–H groups in total. The van der Waals surface area contributed by atoms with Crippen LogP contribution in [-0.4, -0.2) is 35.4 Å². The summed E-state index contributed by atoms with van der Waals surface area (Å²) in [4.78, 5) is 4.80. The van der Waals surface area contributed by atoms with Gasteiger partial charge in [0, 0.05) is 23.9 Å². The number of benzene rings is 2. The number of H-pyrrole nitrogens is 1. The molecule has 0 fully saturated rings. The van der Waals surface area contributed by atoms with Crippen LogP contribution < -0.4 is 0 Å². The van der Waals surface area contributed by atoms with Crippen LogP contribution in [0.3, 0.4) is 0 Å². The first-order valence-corrected chi connectivity index (χ1v) is 9.82. The van der Waals surface area contributed by atoms with E-state index in [1.165, 1.54) is 5.56 Å². The van der Waals surface area contributed by atoms with Crippen molar-refractivity contribution in [2.24, 2.45) is 0 Å². The summed E-state index contributed by atoms with van der Waals surface area (Å²) in [7, 11) is 0. The summed E-state index contributed by atoms with van der Waals surface area (Å²) >= 11 is 0. The molecule has 2 heterocycles. The van der Waals surface area contributed by atoms with Crippen LogP contribution in [0.1, 0.15) is 44.9 Å². The van der Waals surface area contributed by atoms with Gasteiger partial charge >= 0.3 is 0 Å². The monoisotopic (exact) mass is 387 g/mol. The van der Waals surface area contributed by atoms with Gasteiger partial charge in [-0.1, -0.05) is 69.3 Å². The molecule has 0 aliphatic carbocycles. The second kappa shape index (κ2) is 7.58. The van der Waals surface area contributed by atoms with Gasteiger partial charge in [0.1, 0.15) is 5.82 Å². The van der Waals surface area contributed by atoms with E-state index in [4.69, 9.17) is 4.98 Å². The average Bonchev–Trinajstić information content (AvgIpc) is 3.38. The van der Waals surface area contributed by atoms with E-state index in [1.54, 1.807) is 0 Å². The number of nitrogens with zero attached hydrogens (tertiary/aromatic N) is 6.